The SMILES string of the molecule is COc1cc(CN(C)C(=O)c2sc3ncnc(NCC(F)(F)C(F)(F)F)c3c2C)ccn1. The molecule has 0 aromatic carbocycles. The first-order valence-electron chi connectivity index (χ1n) is 9.11. The first-order valence-corrected chi connectivity index (χ1v) is 9.93. The number of hydrogen-bond acceptors (Lipinski definition) is 7. The summed E-state index contributed by atoms with van der Waals surface area (Å²) < 4.78 is 69.1. The van der Waals surface area contributed by atoms with E-state index >= 15 is 0 Å². The van der Waals surface area contributed by atoms with Crippen molar-refractivity contribution >= 4 is 33.3 Å². The summed E-state index contributed by atoms with van der Waals surface area (Å²) >= 11 is 1.00. The Labute approximate surface area is 183 Å². The van der Waals surface area contributed by atoms with E-state index in [4.69, 9.17) is 4.74 Å². The molecular formula is C19H18F5N5O2S. The number of aromatic nitrogens is 3. The smallest absolute Gasteiger partial charge is 0.455 e. The molecule has 32 heavy (non-hydrogen) atoms. The number of nitrogens with zero attached hydrogens (tertiary/aromatic N) is 4. The topological polar surface area (TPSA) is 80.2 Å². The van der Waals surface area contributed by atoms with Crippen LogP contribution in [0, 0.1) is 6.92 Å². The summed E-state index contributed by atoms with van der Waals surface area (Å²) in [7, 11) is 3.05. The largest absolute Gasteiger partial charge is 0.481 e. The van der Waals surface area contributed by atoms with Crippen LogP contribution in [0.4, 0.5) is 27.8 Å². The molecule has 13 heteroatoms. The molecule has 3 aromatic heterocycles. The van der Waals surface area contributed by atoms with Crippen LogP contribution in [0.3, 0.4) is 0 Å². The number of thiophene rings is 1. The number of pyridine rings is 1. The molecule has 0 fully saturated rings. The summed E-state index contributed by atoms with van der Waals surface area (Å²) in [6.45, 7) is 0.108. The fourth-order valence-electron chi connectivity index (χ4n) is 2.88. The van der Waals surface area contributed by atoms with Crippen LogP contribution in [0.2, 0.25) is 0 Å². The van der Waals surface area contributed by atoms with Crippen molar-refractivity contribution < 1.29 is 31.5 Å². The van der Waals surface area contributed by atoms with Gasteiger partial charge >= 0.3 is 12.1 Å². The molecule has 0 unspecified atom stereocenters. The average molecular weight is 475 g/mol. The Kier molecular flexibility index (Phi) is 6.49. The van der Waals surface area contributed by atoms with Crippen LogP contribution in [0.25, 0.3) is 10.2 Å². The molecule has 1 N–H and O–H groups in total. The van der Waals surface area contributed by atoms with Gasteiger partial charge in [-0.3, -0.25) is 4.79 Å². The van der Waals surface area contributed by atoms with E-state index in [-0.39, 0.29) is 33.4 Å². The number of nitrogens with one attached hydrogen (secondary N) is 1. The van der Waals surface area contributed by atoms with Gasteiger partial charge in [-0.1, -0.05) is 0 Å². The lowest BCUT2D eigenvalue weighted by Gasteiger charge is -2.20. The van der Waals surface area contributed by atoms with E-state index < -0.39 is 18.6 Å². The minimum absolute atomic E-state index is 0.201. The summed E-state index contributed by atoms with van der Waals surface area (Å²) in [5, 5.41) is 2.27. The number of amides is 1. The second-order valence-electron chi connectivity index (χ2n) is 6.88. The maximum absolute atomic E-state index is 13.3. The zero-order valence-corrected chi connectivity index (χ0v) is 17.9. The molecular weight excluding hydrogens is 457 g/mol. The minimum Gasteiger partial charge on any atom is -0.481 e. The fourth-order valence-corrected chi connectivity index (χ4v) is 4.03. The van der Waals surface area contributed by atoms with E-state index in [1.807, 2.05) is 5.32 Å². The van der Waals surface area contributed by atoms with Crippen molar-refractivity contribution in [3.05, 3.63) is 40.7 Å². The average Bonchev–Trinajstić information content (AvgIpc) is 3.08. The first kappa shape index (κ1) is 23.6. The molecule has 0 spiro atoms. The molecule has 1 amide bonds. The quantitative estimate of drug-likeness (QED) is 0.514. The fraction of sp³-hybridized carbons (Fsp3) is 0.368. The van der Waals surface area contributed by atoms with Crippen molar-refractivity contribution in [1.82, 2.24) is 19.9 Å². The van der Waals surface area contributed by atoms with E-state index in [1.54, 1.807) is 32.3 Å². The Morgan fingerprint density at radius 2 is 1.94 bits per heavy atom. The van der Waals surface area contributed by atoms with Crippen LogP contribution in [0.15, 0.2) is 24.7 Å². The zero-order chi connectivity index (χ0) is 23.7. The second-order valence-corrected chi connectivity index (χ2v) is 7.88. The molecule has 0 bridgehead atoms. The number of alkyl halides is 5. The third kappa shape index (κ3) is 4.71. The van der Waals surface area contributed by atoms with Gasteiger partial charge < -0.3 is 15.0 Å². The van der Waals surface area contributed by atoms with Crippen molar-refractivity contribution in [2.24, 2.45) is 0 Å². The van der Waals surface area contributed by atoms with Crippen molar-refractivity contribution in [3.8, 4) is 5.88 Å². The Hall–Kier alpha value is -3.09. The Bertz CT molecular complexity index is 1130. The van der Waals surface area contributed by atoms with Gasteiger partial charge in [-0.15, -0.1) is 11.3 Å². The van der Waals surface area contributed by atoms with Gasteiger partial charge in [-0.25, -0.2) is 15.0 Å². The molecule has 0 aliphatic heterocycles. The number of ether oxygens (including phenoxy) is 1. The number of fused-ring (bicyclic) bond motifs is 1. The lowest BCUT2D eigenvalue weighted by atomic mass is 10.1. The Balaban J connectivity index is 1.86. The number of carbonyl (C=O) groups excluding carboxylic acids is 1. The lowest BCUT2D eigenvalue weighted by molar-refractivity contribution is -0.275. The van der Waals surface area contributed by atoms with Crippen molar-refractivity contribution in [1.29, 1.82) is 0 Å². The summed E-state index contributed by atoms with van der Waals surface area (Å²) in [5.74, 6) is -5.12. The highest BCUT2D eigenvalue weighted by Crippen LogP contribution is 2.37. The van der Waals surface area contributed by atoms with Crippen LogP contribution in [-0.4, -0.2) is 58.6 Å². The van der Waals surface area contributed by atoms with Gasteiger partial charge in [0.05, 0.1) is 23.9 Å². The molecule has 0 saturated heterocycles. The normalized spacial score (nSPS) is 12.1. The number of aryl methyl sites for hydroxylation is 1. The molecule has 3 aromatic rings. The molecule has 0 saturated carbocycles. The van der Waals surface area contributed by atoms with E-state index in [9.17, 15) is 26.7 Å². The van der Waals surface area contributed by atoms with Crippen molar-refractivity contribution in [3.63, 3.8) is 0 Å². The number of hydrogen-bond donors (Lipinski definition) is 1. The monoisotopic (exact) mass is 475 g/mol. The maximum Gasteiger partial charge on any atom is 0.455 e. The van der Waals surface area contributed by atoms with Crippen molar-refractivity contribution in [2.45, 2.75) is 25.6 Å². The maximum atomic E-state index is 13.3. The van der Waals surface area contributed by atoms with Gasteiger partial charge in [0.25, 0.3) is 5.91 Å². The summed E-state index contributed by atoms with van der Waals surface area (Å²) in [6, 6.07) is 3.40. The van der Waals surface area contributed by atoms with E-state index in [2.05, 4.69) is 15.0 Å². The molecule has 0 atom stereocenters. The number of carbonyl (C=O) groups is 1. The molecule has 0 aliphatic carbocycles. The predicted molar refractivity (Wildman–Crippen MR) is 108 cm³/mol. The van der Waals surface area contributed by atoms with Crippen molar-refractivity contribution in [2.75, 3.05) is 26.0 Å². The van der Waals surface area contributed by atoms with Gasteiger partial charge in [0.2, 0.25) is 5.88 Å². The molecule has 3 rings (SSSR count). The van der Waals surface area contributed by atoms with Crippen LogP contribution in [0.1, 0.15) is 20.8 Å². The highest BCUT2D eigenvalue weighted by Gasteiger charge is 2.57. The lowest BCUT2D eigenvalue weighted by Crippen LogP contribution is -2.42. The van der Waals surface area contributed by atoms with E-state index in [0.717, 1.165) is 23.2 Å². The highest BCUT2D eigenvalue weighted by molar-refractivity contribution is 7.20. The van der Waals surface area contributed by atoms with Crippen LogP contribution in [0.5, 0.6) is 5.88 Å². The first-order chi connectivity index (χ1) is 14.9. The summed E-state index contributed by atoms with van der Waals surface area (Å²) in [6.07, 6.45) is -3.12. The van der Waals surface area contributed by atoms with Crippen LogP contribution in [-0.2, 0) is 6.54 Å². The Morgan fingerprint density at radius 1 is 1.22 bits per heavy atom. The van der Waals surface area contributed by atoms with Gasteiger partial charge in [-0.05, 0) is 24.1 Å². The number of methoxy groups -OCH3 is 1. The van der Waals surface area contributed by atoms with Crippen LogP contribution < -0.4 is 10.1 Å². The van der Waals surface area contributed by atoms with E-state index in [1.165, 1.54) is 12.0 Å². The molecule has 3 heterocycles. The van der Waals surface area contributed by atoms with Crippen LogP contribution >= 0.6 is 11.3 Å². The second kappa shape index (κ2) is 8.81. The molecule has 172 valence electrons. The Morgan fingerprint density at radius 3 is 2.59 bits per heavy atom. The predicted octanol–water partition coefficient (Wildman–Crippen LogP) is 4.29. The third-order valence-corrected chi connectivity index (χ3v) is 5.78. The third-order valence-electron chi connectivity index (χ3n) is 4.59. The van der Waals surface area contributed by atoms with Gasteiger partial charge in [0, 0.05) is 25.9 Å². The summed E-state index contributed by atoms with van der Waals surface area (Å²) in [5.41, 5.74) is 1.15. The van der Waals surface area contributed by atoms with Gasteiger partial charge in [-0.2, -0.15) is 22.0 Å². The molecule has 0 radical (unpaired) electrons. The number of rotatable bonds is 7. The molecule has 7 nitrogen and oxygen atoms in total. The molecule has 0 aliphatic rings. The number of halogens is 5. The summed E-state index contributed by atoms with van der Waals surface area (Å²) in [4.78, 5) is 26.8. The minimum atomic E-state index is -5.70. The zero-order valence-electron chi connectivity index (χ0n) is 17.1. The van der Waals surface area contributed by atoms with Gasteiger partial charge in [0.1, 0.15) is 17.0 Å². The van der Waals surface area contributed by atoms with E-state index in [0.29, 0.717) is 11.4 Å². The number of anilines is 1. The van der Waals surface area contributed by atoms with Gasteiger partial charge in [0.15, 0.2) is 0 Å². The highest BCUT2D eigenvalue weighted by atomic mass is 32.1. The standard InChI is InChI=1S/C19H18F5N5O2S/c1-10-13-15(26-8-18(20,21)19(22,23)24)27-9-28-16(13)32-14(10)17(30)29(2)7-11-4-5-25-12(6-11)31-3/h4-6,9H,7-8H2,1-3H3,(H,26,27,28).